The molecule has 5 nitrogen and oxygen atoms in total. The van der Waals surface area contributed by atoms with Crippen LogP contribution in [0.2, 0.25) is 0 Å². The van der Waals surface area contributed by atoms with Gasteiger partial charge >= 0.3 is 10.2 Å². The molecule has 0 aliphatic carbocycles. The molecule has 2 aromatic carbocycles. The second kappa shape index (κ2) is 6.48. The second-order valence-corrected chi connectivity index (χ2v) is 9.14. The molecule has 1 aliphatic rings. The molecule has 3 rings (SSSR count). The molecular formula is C16H20N3O2PS. The molecule has 23 heavy (non-hydrogen) atoms. The monoisotopic (exact) mass is 349 g/mol. The number of hydrogen-bond acceptors (Lipinski definition) is 3. The van der Waals surface area contributed by atoms with Crippen molar-refractivity contribution >= 4 is 30.0 Å². The van der Waals surface area contributed by atoms with Crippen molar-refractivity contribution in [3.8, 4) is 0 Å². The van der Waals surface area contributed by atoms with E-state index in [1.807, 2.05) is 60.7 Å². The first-order valence-electron chi connectivity index (χ1n) is 7.61. The van der Waals surface area contributed by atoms with Gasteiger partial charge in [-0.3, -0.25) is 0 Å². The van der Waals surface area contributed by atoms with Gasteiger partial charge in [0, 0.05) is 13.1 Å². The summed E-state index contributed by atoms with van der Waals surface area (Å²) >= 11 is 0. The van der Waals surface area contributed by atoms with Crippen molar-refractivity contribution in [3.05, 3.63) is 60.7 Å². The van der Waals surface area contributed by atoms with Crippen LogP contribution in [0.4, 0.5) is 11.4 Å². The molecule has 0 N–H and O–H groups in total. The molecule has 0 bridgehead atoms. The fourth-order valence-corrected chi connectivity index (χ4v) is 7.81. The van der Waals surface area contributed by atoms with Crippen molar-refractivity contribution in [3.63, 3.8) is 0 Å². The lowest BCUT2D eigenvalue weighted by atomic mass is 10.3. The molecule has 0 saturated carbocycles. The Morgan fingerprint density at radius 2 is 1.22 bits per heavy atom. The summed E-state index contributed by atoms with van der Waals surface area (Å²) in [6.45, 7) is 5.71. The Labute approximate surface area is 139 Å². The van der Waals surface area contributed by atoms with Gasteiger partial charge in [0.25, 0.3) is 0 Å². The van der Waals surface area contributed by atoms with Crippen molar-refractivity contribution in [2.24, 2.45) is 0 Å². The molecular weight excluding hydrogens is 329 g/mol. The van der Waals surface area contributed by atoms with Gasteiger partial charge in [-0.05, 0) is 24.3 Å². The predicted molar refractivity (Wildman–Crippen MR) is 96.6 cm³/mol. The fourth-order valence-electron chi connectivity index (χ4n) is 2.59. The van der Waals surface area contributed by atoms with Gasteiger partial charge in [-0.15, -0.1) is 0 Å². The third-order valence-corrected chi connectivity index (χ3v) is 9.29. The molecule has 0 atom stereocenters. The number of anilines is 2. The number of hydrogen-bond donors (Lipinski definition) is 0. The van der Waals surface area contributed by atoms with E-state index in [1.165, 1.54) is 0 Å². The van der Waals surface area contributed by atoms with E-state index in [-0.39, 0.29) is 0 Å². The largest absolute Gasteiger partial charge is 0.337 e. The Hall–Kier alpha value is -1.62. The van der Waals surface area contributed by atoms with Crippen LogP contribution >= 0.6 is 8.37 Å². The average Bonchev–Trinajstić information content (AvgIpc) is 2.57. The van der Waals surface area contributed by atoms with E-state index in [4.69, 9.17) is 0 Å². The zero-order valence-corrected chi connectivity index (χ0v) is 14.9. The molecule has 7 heteroatoms. The Morgan fingerprint density at radius 3 is 1.57 bits per heavy atom. The quantitative estimate of drug-likeness (QED) is 0.771. The normalized spacial score (nSPS) is 17.3. The molecule has 122 valence electrons. The second-order valence-electron chi connectivity index (χ2n) is 5.07. The molecule has 0 unspecified atom stereocenters. The number of para-hydroxylation sites is 2. The highest BCUT2D eigenvalue weighted by molar-refractivity contribution is 8.14. The maximum absolute atomic E-state index is 12.9. The van der Waals surface area contributed by atoms with Crippen molar-refractivity contribution in [1.82, 2.24) is 4.67 Å². The number of nitrogens with zero attached hydrogens (tertiary/aromatic N) is 3. The summed E-state index contributed by atoms with van der Waals surface area (Å²) < 4.78 is 31.2. The predicted octanol–water partition coefficient (Wildman–Crippen LogP) is 3.83. The summed E-state index contributed by atoms with van der Waals surface area (Å²) in [4.78, 5) is 0. The molecule has 0 amide bonds. The summed E-state index contributed by atoms with van der Waals surface area (Å²) in [5, 5.41) is 0. The smallest absolute Gasteiger partial charge is 0.247 e. The minimum atomic E-state index is -3.53. The summed E-state index contributed by atoms with van der Waals surface area (Å²) in [5.41, 5.74) is 1.44. The molecule has 1 saturated heterocycles. The summed E-state index contributed by atoms with van der Waals surface area (Å²) in [5.74, 6) is 0. The van der Waals surface area contributed by atoms with Gasteiger partial charge in [-0.25, -0.2) is 4.67 Å². The highest BCUT2D eigenvalue weighted by atomic mass is 32.2. The Kier molecular flexibility index (Phi) is 4.57. The van der Waals surface area contributed by atoms with E-state index < -0.39 is 18.6 Å². The van der Waals surface area contributed by atoms with Crippen LogP contribution in [0, 0.1) is 0 Å². The van der Waals surface area contributed by atoms with E-state index in [2.05, 4.69) is 18.5 Å². The first-order chi connectivity index (χ1) is 11.1. The topological polar surface area (TPSA) is 43.9 Å². The van der Waals surface area contributed by atoms with Crippen LogP contribution in [0.1, 0.15) is 13.8 Å². The van der Waals surface area contributed by atoms with Crippen LogP contribution in [0.5, 0.6) is 0 Å². The maximum atomic E-state index is 12.9. The van der Waals surface area contributed by atoms with Crippen molar-refractivity contribution in [1.29, 1.82) is 0 Å². The fraction of sp³-hybridized carbons (Fsp3) is 0.250. The van der Waals surface area contributed by atoms with Crippen molar-refractivity contribution in [2.45, 2.75) is 13.8 Å². The Bertz CT molecular complexity index is 698. The van der Waals surface area contributed by atoms with Gasteiger partial charge < -0.3 is 0 Å². The van der Waals surface area contributed by atoms with Gasteiger partial charge in [0.1, 0.15) is 0 Å². The summed E-state index contributed by atoms with van der Waals surface area (Å²) in [6.07, 6.45) is 0. The van der Waals surface area contributed by atoms with Crippen LogP contribution in [0.25, 0.3) is 0 Å². The third kappa shape index (κ3) is 2.71. The Balaban J connectivity index is 2.07. The van der Waals surface area contributed by atoms with Crippen LogP contribution < -0.4 is 8.15 Å². The highest BCUT2D eigenvalue weighted by Gasteiger charge is 2.55. The van der Waals surface area contributed by atoms with Gasteiger partial charge in [0.2, 0.25) is 8.37 Å². The minimum Gasteiger partial charge on any atom is -0.247 e. The molecule has 0 aromatic heterocycles. The first kappa shape index (κ1) is 16.2. The first-order valence-corrected chi connectivity index (χ1v) is 10.2. The SMILES string of the molecule is CCN(CC)P1N(c2ccccc2)S(=O)(=O)N1c1ccccc1. The zero-order valence-electron chi connectivity index (χ0n) is 13.2. The van der Waals surface area contributed by atoms with Gasteiger partial charge in [-0.2, -0.15) is 16.6 Å². The van der Waals surface area contributed by atoms with E-state index in [1.54, 1.807) is 8.15 Å². The lowest BCUT2D eigenvalue weighted by Gasteiger charge is -2.53. The number of rotatable bonds is 5. The van der Waals surface area contributed by atoms with Crippen LogP contribution in [-0.4, -0.2) is 26.2 Å². The van der Waals surface area contributed by atoms with E-state index in [9.17, 15) is 8.42 Å². The van der Waals surface area contributed by atoms with Crippen LogP contribution in [0.3, 0.4) is 0 Å². The minimum absolute atomic E-state index is 0.720. The molecule has 1 fully saturated rings. The van der Waals surface area contributed by atoms with Crippen LogP contribution in [-0.2, 0) is 10.2 Å². The van der Waals surface area contributed by atoms with Crippen molar-refractivity contribution in [2.75, 3.05) is 21.2 Å². The highest BCUT2D eigenvalue weighted by Crippen LogP contribution is 2.63. The van der Waals surface area contributed by atoms with E-state index in [0.29, 0.717) is 0 Å². The molecule has 0 radical (unpaired) electrons. The summed E-state index contributed by atoms with van der Waals surface area (Å²) in [7, 11) is -4.65. The molecule has 2 aromatic rings. The summed E-state index contributed by atoms with van der Waals surface area (Å²) in [6, 6.07) is 18.6. The third-order valence-electron chi connectivity index (χ3n) is 3.70. The molecule has 1 aliphatic heterocycles. The van der Waals surface area contributed by atoms with Gasteiger partial charge in [-0.1, -0.05) is 50.2 Å². The average molecular weight is 349 g/mol. The lowest BCUT2D eigenvalue weighted by Crippen LogP contribution is -2.56. The number of benzene rings is 2. The zero-order chi connectivity index (χ0) is 16.4. The van der Waals surface area contributed by atoms with Gasteiger partial charge in [0.05, 0.1) is 11.4 Å². The van der Waals surface area contributed by atoms with E-state index in [0.717, 1.165) is 24.5 Å². The van der Waals surface area contributed by atoms with Gasteiger partial charge in [0.15, 0.2) is 0 Å². The maximum Gasteiger partial charge on any atom is 0.337 e. The van der Waals surface area contributed by atoms with Crippen molar-refractivity contribution < 1.29 is 8.42 Å². The lowest BCUT2D eigenvalue weighted by molar-refractivity contribution is 0.500. The molecule has 0 spiro atoms. The molecule has 1 heterocycles. The van der Waals surface area contributed by atoms with E-state index >= 15 is 0 Å². The van der Waals surface area contributed by atoms with Crippen LogP contribution in [0.15, 0.2) is 60.7 Å². The Morgan fingerprint density at radius 1 is 0.826 bits per heavy atom. The standard InChI is InChI=1S/C16H20N3O2PS/c1-3-17(4-2)22-18(15-11-7-5-8-12-15)23(20,21)19(22)16-13-9-6-10-14-16/h5-14H,3-4H2,1-2H3.